The number of fused-ring (bicyclic) bond motifs is 1. The van der Waals surface area contributed by atoms with E-state index in [0.29, 0.717) is 11.4 Å². The first-order valence-corrected chi connectivity index (χ1v) is 11.5. The van der Waals surface area contributed by atoms with Crippen LogP contribution in [-0.2, 0) is 22.8 Å². The van der Waals surface area contributed by atoms with Crippen molar-refractivity contribution in [1.29, 1.82) is 0 Å². The highest BCUT2D eigenvalue weighted by atomic mass is 32.2. The van der Waals surface area contributed by atoms with E-state index in [1.165, 1.54) is 49.6 Å². The fourth-order valence-electron chi connectivity index (χ4n) is 4.37. The van der Waals surface area contributed by atoms with Gasteiger partial charge in [0.05, 0.1) is 11.4 Å². The molecule has 2 aromatic rings. The first kappa shape index (κ1) is 18.2. The zero-order chi connectivity index (χ0) is 18.9. The van der Waals surface area contributed by atoms with Gasteiger partial charge in [-0.25, -0.2) is 8.42 Å². The third-order valence-electron chi connectivity index (χ3n) is 5.88. The number of para-hydroxylation sites is 1. The summed E-state index contributed by atoms with van der Waals surface area (Å²) in [4.78, 5) is 5.33. The summed E-state index contributed by atoms with van der Waals surface area (Å²) in [6.45, 7) is 0.566. The van der Waals surface area contributed by atoms with Crippen molar-refractivity contribution in [2.45, 2.75) is 50.0 Å². The minimum absolute atomic E-state index is 0.124. The average molecular weight is 383 g/mol. The van der Waals surface area contributed by atoms with Crippen LogP contribution in [0, 0.1) is 5.41 Å². The van der Waals surface area contributed by atoms with Crippen LogP contribution >= 0.6 is 0 Å². The molecule has 0 saturated heterocycles. The molecule has 4 nitrogen and oxygen atoms in total. The van der Waals surface area contributed by atoms with Gasteiger partial charge in [-0.3, -0.25) is 4.99 Å². The van der Waals surface area contributed by atoms with Crippen molar-refractivity contribution >= 4 is 21.4 Å². The molecule has 1 aliphatic carbocycles. The number of nitrogens with one attached hydrogen (secondary N) is 1. The molecule has 0 unspecified atom stereocenters. The summed E-state index contributed by atoms with van der Waals surface area (Å²) < 4.78 is 23.3. The maximum absolute atomic E-state index is 11.6. The standard InChI is InChI=1S/C22H26N2O2S/c1-27(25,26)19-11-9-17(10-12-19)16-23-21-22(13-5-2-6-14-22)15-18-7-3-4-8-20(18)24-21/h3-4,7-12H,2,5-6,13-16H2,1H3,(H,23,24). The average Bonchev–Trinajstić information content (AvgIpc) is 2.66. The Balaban J connectivity index is 1.61. The van der Waals surface area contributed by atoms with Crippen LogP contribution < -0.4 is 5.32 Å². The van der Waals surface area contributed by atoms with Crippen molar-refractivity contribution in [2.75, 3.05) is 11.6 Å². The Labute approximate surface area is 161 Å². The quantitative estimate of drug-likeness (QED) is 0.843. The predicted octanol–water partition coefficient (Wildman–Crippen LogP) is 4.61. The lowest BCUT2D eigenvalue weighted by Gasteiger charge is -2.42. The van der Waals surface area contributed by atoms with Crippen molar-refractivity contribution in [1.82, 2.24) is 0 Å². The van der Waals surface area contributed by atoms with Gasteiger partial charge in [-0.15, -0.1) is 0 Å². The van der Waals surface area contributed by atoms with Gasteiger partial charge in [0, 0.05) is 17.4 Å². The first-order chi connectivity index (χ1) is 13.0. The smallest absolute Gasteiger partial charge is 0.175 e. The van der Waals surface area contributed by atoms with Gasteiger partial charge in [0.1, 0.15) is 5.84 Å². The number of benzene rings is 2. The SMILES string of the molecule is CS(=O)(=O)c1ccc(CN=C2Nc3ccccc3CC23CCCCC3)cc1. The van der Waals surface area contributed by atoms with Crippen LogP contribution in [0.5, 0.6) is 0 Å². The van der Waals surface area contributed by atoms with Crippen molar-refractivity contribution in [3.8, 4) is 0 Å². The molecule has 1 aliphatic heterocycles. The summed E-state index contributed by atoms with van der Waals surface area (Å²) in [5.74, 6) is 1.10. The molecular formula is C22H26N2O2S. The van der Waals surface area contributed by atoms with E-state index in [1.807, 2.05) is 12.1 Å². The van der Waals surface area contributed by atoms with Gasteiger partial charge in [0.25, 0.3) is 0 Å². The van der Waals surface area contributed by atoms with Crippen molar-refractivity contribution in [3.63, 3.8) is 0 Å². The van der Waals surface area contributed by atoms with Crippen molar-refractivity contribution in [3.05, 3.63) is 59.7 Å². The highest BCUT2D eigenvalue weighted by molar-refractivity contribution is 7.90. The molecular weight excluding hydrogens is 356 g/mol. The summed E-state index contributed by atoms with van der Waals surface area (Å²) >= 11 is 0. The molecule has 1 fully saturated rings. The second kappa shape index (κ2) is 7.12. The summed E-state index contributed by atoms with van der Waals surface area (Å²) in [6, 6.07) is 15.6. The third-order valence-corrected chi connectivity index (χ3v) is 7.01. The number of anilines is 1. The fraction of sp³-hybridized carbons (Fsp3) is 0.409. The van der Waals surface area contributed by atoms with Gasteiger partial charge < -0.3 is 5.32 Å². The first-order valence-electron chi connectivity index (χ1n) is 9.65. The number of aliphatic imine (C=N–C) groups is 1. The van der Waals surface area contributed by atoms with Gasteiger partial charge in [-0.2, -0.15) is 0 Å². The van der Waals surface area contributed by atoms with E-state index < -0.39 is 9.84 Å². The monoisotopic (exact) mass is 382 g/mol. The number of sulfone groups is 1. The zero-order valence-corrected chi connectivity index (χ0v) is 16.6. The number of hydrogen-bond donors (Lipinski definition) is 1. The summed E-state index contributed by atoms with van der Waals surface area (Å²) in [5, 5.41) is 3.62. The summed E-state index contributed by atoms with van der Waals surface area (Å²) in [6.07, 6.45) is 8.47. The molecule has 4 rings (SSSR count). The van der Waals surface area contributed by atoms with Crippen LogP contribution in [-0.4, -0.2) is 20.5 Å². The summed E-state index contributed by atoms with van der Waals surface area (Å²) in [7, 11) is -3.16. The lowest BCUT2D eigenvalue weighted by molar-refractivity contribution is 0.278. The maximum Gasteiger partial charge on any atom is 0.175 e. The molecule has 1 N–H and O–H groups in total. The van der Waals surface area contributed by atoms with Crippen LogP contribution in [0.3, 0.4) is 0 Å². The number of rotatable bonds is 3. The van der Waals surface area contributed by atoms with Gasteiger partial charge in [0.2, 0.25) is 0 Å². The number of hydrogen-bond acceptors (Lipinski definition) is 3. The number of nitrogens with zero attached hydrogens (tertiary/aromatic N) is 1. The lowest BCUT2D eigenvalue weighted by atomic mass is 9.67. The van der Waals surface area contributed by atoms with Gasteiger partial charge in [-0.05, 0) is 48.6 Å². The normalized spacial score (nSPS) is 20.3. The molecule has 0 amide bonds. The van der Waals surface area contributed by atoms with Crippen LogP contribution in [0.1, 0.15) is 43.2 Å². The lowest BCUT2D eigenvalue weighted by Crippen LogP contribution is -2.43. The Hall–Kier alpha value is -2.14. The van der Waals surface area contributed by atoms with Gasteiger partial charge >= 0.3 is 0 Å². The molecule has 142 valence electrons. The molecule has 0 aromatic heterocycles. The van der Waals surface area contributed by atoms with Gasteiger partial charge in [0.15, 0.2) is 9.84 Å². The van der Waals surface area contributed by atoms with E-state index in [1.54, 1.807) is 12.1 Å². The second-order valence-corrected chi connectivity index (χ2v) is 9.90. The molecule has 0 radical (unpaired) electrons. The highest BCUT2D eigenvalue weighted by Crippen LogP contribution is 2.45. The Morgan fingerprint density at radius 3 is 2.41 bits per heavy atom. The van der Waals surface area contributed by atoms with E-state index >= 15 is 0 Å². The molecule has 1 spiro atoms. The molecule has 5 heteroatoms. The Kier molecular flexibility index (Phi) is 4.81. The molecule has 2 aromatic carbocycles. The maximum atomic E-state index is 11.6. The van der Waals surface area contributed by atoms with Crippen molar-refractivity contribution < 1.29 is 8.42 Å². The minimum Gasteiger partial charge on any atom is -0.343 e. The predicted molar refractivity (Wildman–Crippen MR) is 110 cm³/mol. The third kappa shape index (κ3) is 3.79. The van der Waals surface area contributed by atoms with Crippen LogP contribution in [0.4, 0.5) is 5.69 Å². The Morgan fingerprint density at radius 2 is 1.70 bits per heavy atom. The van der Waals surface area contributed by atoms with E-state index in [-0.39, 0.29) is 5.41 Å². The van der Waals surface area contributed by atoms with E-state index in [4.69, 9.17) is 4.99 Å². The van der Waals surface area contributed by atoms with Crippen LogP contribution in [0.15, 0.2) is 58.4 Å². The fourth-order valence-corrected chi connectivity index (χ4v) is 5.00. The van der Waals surface area contributed by atoms with Crippen molar-refractivity contribution in [2.24, 2.45) is 10.4 Å². The molecule has 0 bridgehead atoms. The molecule has 1 heterocycles. The van der Waals surface area contributed by atoms with Gasteiger partial charge in [-0.1, -0.05) is 49.6 Å². The van der Waals surface area contributed by atoms with E-state index in [0.717, 1.165) is 17.8 Å². The zero-order valence-electron chi connectivity index (χ0n) is 15.7. The van der Waals surface area contributed by atoms with E-state index in [9.17, 15) is 8.42 Å². The number of amidine groups is 1. The van der Waals surface area contributed by atoms with Crippen LogP contribution in [0.25, 0.3) is 0 Å². The largest absolute Gasteiger partial charge is 0.343 e. The Morgan fingerprint density at radius 1 is 1.00 bits per heavy atom. The molecule has 27 heavy (non-hydrogen) atoms. The molecule has 2 aliphatic rings. The minimum atomic E-state index is -3.16. The summed E-state index contributed by atoms with van der Waals surface area (Å²) in [5.41, 5.74) is 3.71. The molecule has 1 saturated carbocycles. The second-order valence-electron chi connectivity index (χ2n) is 7.88. The van der Waals surface area contributed by atoms with E-state index in [2.05, 4.69) is 29.6 Å². The molecule has 0 atom stereocenters. The topological polar surface area (TPSA) is 58.5 Å². The van der Waals surface area contributed by atoms with Crippen LogP contribution in [0.2, 0.25) is 0 Å². The highest BCUT2D eigenvalue weighted by Gasteiger charge is 2.40. The Bertz CT molecular complexity index is 956.